The molecule has 1 fully saturated rings. The van der Waals surface area contributed by atoms with Crippen LogP contribution in [-0.2, 0) is 19.0 Å². The number of hydrogen-bond donors (Lipinski definition) is 1. The third kappa shape index (κ3) is 2.80. The monoisotopic (exact) mass is 252 g/mol. The summed E-state index contributed by atoms with van der Waals surface area (Å²) < 4.78 is 15.9. The average molecular weight is 252 g/mol. The van der Waals surface area contributed by atoms with Gasteiger partial charge in [-0.1, -0.05) is 12.1 Å². The van der Waals surface area contributed by atoms with E-state index in [0.29, 0.717) is 25.4 Å². The van der Waals surface area contributed by atoms with Gasteiger partial charge in [-0.2, -0.15) is 0 Å². The summed E-state index contributed by atoms with van der Waals surface area (Å²) in [4.78, 5) is 11.8. The van der Waals surface area contributed by atoms with Crippen molar-refractivity contribution in [1.82, 2.24) is 0 Å². The van der Waals surface area contributed by atoms with Crippen molar-refractivity contribution in [2.24, 2.45) is 0 Å². The molecule has 5 nitrogen and oxygen atoms in total. The molecular formula is C13H16O5. The Hall–Kier alpha value is -1.59. The molecule has 0 aliphatic carbocycles. The minimum Gasteiger partial charge on any atom is -0.508 e. The molecule has 1 saturated heterocycles. The van der Waals surface area contributed by atoms with Crippen LogP contribution in [0.1, 0.15) is 18.6 Å². The van der Waals surface area contributed by atoms with Gasteiger partial charge in [-0.15, -0.1) is 0 Å². The topological polar surface area (TPSA) is 65.0 Å². The molecule has 0 amide bonds. The van der Waals surface area contributed by atoms with E-state index in [9.17, 15) is 9.90 Å². The van der Waals surface area contributed by atoms with Crippen molar-refractivity contribution in [2.45, 2.75) is 19.1 Å². The molecule has 1 heterocycles. The Bertz CT molecular complexity index is 418. The van der Waals surface area contributed by atoms with Crippen LogP contribution in [0.5, 0.6) is 5.75 Å². The second kappa shape index (κ2) is 5.84. The maximum atomic E-state index is 11.8. The minimum absolute atomic E-state index is 0.129. The zero-order valence-electron chi connectivity index (χ0n) is 10.2. The van der Waals surface area contributed by atoms with Crippen LogP contribution in [0.25, 0.3) is 0 Å². The smallest absolute Gasteiger partial charge is 0.338 e. The highest BCUT2D eigenvalue weighted by Crippen LogP contribution is 2.29. The molecule has 1 aromatic carbocycles. The van der Waals surface area contributed by atoms with E-state index in [2.05, 4.69) is 0 Å². The van der Waals surface area contributed by atoms with E-state index in [1.807, 2.05) is 0 Å². The van der Waals surface area contributed by atoms with Gasteiger partial charge in [-0.3, -0.25) is 0 Å². The number of rotatable bonds is 3. The highest BCUT2D eigenvalue weighted by atomic mass is 16.6. The largest absolute Gasteiger partial charge is 0.508 e. The molecule has 0 spiro atoms. The average Bonchev–Trinajstić information content (AvgIpc) is 2.39. The van der Waals surface area contributed by atoms with Crippen molar-refractivity contribution in [2.75, 3.05) is 19.8 Å². The summed E-state index contributed by atoms with van der Waals surface area (Å²) in [5.74, 6) is -0.310. The zero-order valence-corrected chi connectivity index (χ0v) is 10.2. The summed E-state index contributed by atoms with van der Waals surface area (Å²) >= 11 is 0. The van der Waals surface area contributed by atoms with E-state index in [-0.39, 0.29) is 5.75 Å². The molecule has 2 atom stereocenters. The maximum Gasteiger partial charge on any atom is 0.338 e. The zero-order chi connectivity index (χ0) is 13.0. The van der Waals surface area contributed by atoms with E-state index in [4.69, 9.17) is 14.2 Å². The van der Waals surface area contributed by atoms with Crippen molar-refractivity contribution in [1.29, 1.82) is 0 Å². The Morgan fingerprint density at radius 2 is 2.22 bits per heavy atom. The van der Waals surface area contributed by atoms with Crippen molar-refractivity contribution in [3.63, 3.8) is 0 Å². The molecule has 1 aromatic rings. The van der Waals surface area contributed by atoms with Crippen LogP contribution in [0.15, 0.2) is 24.3 Å². The van der Waals surface area contributed by atoms with Gasteiger partial charge in [0.1, 0.15) is 11.9 Å². The molecule has 0 saturated carbocycles. The number of ether oxygens (including phenoxy) is 3. The summed E-state index contributed by atoms with van der Waals surface area (Å²) in [5.41, 5.74) is 0.702. The van der Waals surface area contributed by atoms with Gasteiger partial charge in [-0.25, -0.2) is 4.79 Å². The summed E-state index contributed by atoms with van der Waals surface area (Å²) in [7, 11) is 0. The summed E-state index contributed by atoms with van der Waals surface area (Å²) in [6.45, 7) is 2.81. The fourth-order valence-electron chi connectivity index (χ4n) is 1.91. The van der Waals surface area contributed by atoms with Crippen LogP contribution in [0, 0.1) is 0 Å². The number of carbonyl (C=O) groups is 1. The first-order valence-corrected chi connectivity index (χ1v) is 5.91. The van der Waals surface area contributed by atoms with Crippen LogP contribution in [-0.4, -0.2) is 37.0 Å². The van der Waals surface area contributed by atoms with E-state index in [1.165, 1.54) is 0 Å². The summed E-state index contributed by atoms with van der Waals surface area (Å²) in [6.07, 6.45) is -1.31. The third-order valence-corrected chi connectivity index (χ3v) is 2.67. The first-order chi connectivity index (χ1) is 8.72. The standard InChI is InChI=1S/C13H16O5/c1-2-16-13(15)12-11(17-6-7-18-12)9-4-3-5-10(14)8-9/h3-5,8,11-12,14H,2,6-7H2,1H3. The lowest BCUT2D eigenvalue weighted by atomic mass is 10.0. The van der Waals surface area contributed by atoms with Gasteiger partial charge in [0, 0.05) is 0 Å². The fourth-order valence-corrected chi connectivity index (χ4v) is 1.91. The molecule has 0 bridgehead atoms. The predicted molar refractivity (Wildman–Crippen MR) is 63.2 cm³/mol. The van der Waals surface area contributed by atoms with Crippen LogP contribution in [0.3, 0.4) is 0 Å². The number of benzene rings is 1. The number of esters is 1. The molecule has 5 heteroatoms. The molecule has 1 aliphatic heterocycles. The van der Waals surface area contributed by atoms with Crippen LogP contribution in [0.2, 0.25) is 0 Å². The van der Waals surface area contributed by atoms with E-state index < -0.39 is 18.2 Å². The minimum atomic E-state index is -0.777. The Labute approximate surface area is 105 Å². The van der Waals surface area contributed by atoms with E-state index in [1.54, 1.807) is 31.2 Å². The number of carbonyl (C=O) groups excluding carboxylic acids is 1. The SMILES string of the molecule is CCOC(=O)C1OCCOC1c1cccc(O)c1. The molecule has 0 radical (unpaired) electrons. The van der Waals surface area contributed by atoms with Crippen molar-refractivity contribution in [3.05, 3.63) is 29.8 Å². The molecule has 18 heavy (non-hydrogen) atoms. The molecule has 2 unspecified atom stereocenters. The van der Waals surface area contributed by atoms with Gasteiger partial charge in [0.05, 0.1) is 19.8 Å². The maximum absolute atomic E-state index is 11.8. The quantitative estimate of drug-likeness (QED) is 0.824. The van der Waals surface area contributed by atoms with Gasteiger partial charge in [0.25, 0.3) is 0 Å². The number of aromatic hydroxyl groups is 1. The molecule has 1 N–H and O–H groups in total. The van der Waals surface area contributed by atoms with Crippen molar-refractivity contribution >= 4 is 5.97 Å². The lowest BCUT2D eigenvalue weighted by molar-refractivity contribution is -0.186. The van der Waals surface area contributed by atoms with Crippen molar-refractivity contribution in [3.8, 4) is 5.75 Å². The first kappa shape index (κ1) is 12.9. The van der Waals surface area contributed by atoms with Crippen LogP contribution >= 0.6 is 0 Å². The summed E-state index contributed by atoms with van der Waals surface area (Å²) in [6, 6.07) is 6.61. The van der Waals surface area contributed by atoms with Crippen LogP contribution < -0.4 is 0 Å². The summed E-state index contributed by atoms with van der Waals surface area (Å²) in [5, 5.41) is 9.46. The normalized spacial score (nSPS) is 23.6. The number of hydrogen-bond acceptors (Lipinski definition) is 5. The lowest BCUT2D eigenvalue weighted by Crippen LogP contribution is -2.39. The Morgan fingerprint density at radius 3 is 2.94 bits per heavy atom. The van der Waals surface area contributed by atoms with E-state index >= 15 is 0 Å². The predicted octanol–water partition coefficient (Wildman–Crippen LogP) is 1.41. The molecule has 98 valence electrons. The fraction of sp³-hybridized carbons (Fsp3) is 0.462. The Morgan fingerprint density at radius 1 is 1.44 bits per heavy atom. The first-order valence-electron chi connectivity index (χ1n) is 5.91. The molecule has 1 aliphatic rings. The van der Waals surface area contributed by atoms with Gasteiger partial charge in [-0.05, 0) is 24.6 Å². The highest BCUT2D eigenvalue weighted by molar-refractivity contribution is 5.76. The van der Waals surface area contributed by atoms with Crippen LogP contribution in [0.4, 0.5) is 0 Å². The second-order valence-corrected chi connectivity index (χ2v) is 3.93. The Kier molecular flexibility index (Phi) is 4.17. The van der Waals surface area contributed by atoms with Gasteiger partial charge >= 0.3 is 5.97 Å². The van der Waals surface area contributed by atoms with Crippen molar-refractivity contribution < 1.29 is 24.1 Å². The Balaban J connectivity index is 2.20. The van der Waals surface area contributed by atoms with Gasteiger partial charge < -0.3 is 19.3 Å². The van der Waals surface area contributed by atoms with E-state index in [0.717, 1.165) is 0 Å². The highest BCUT2D eigenvalue weighted by Gasteiger charge is 2.35. The van der Waals surface area contributed by atoms with Gasteiger partial charge in [0.2, 0.25) is 0 Å². The molecular weight excluding hydrogens is 236 g/mol. The second-order valence-electron chi connectivity index (χ2n) is 3.93. The number of phenols is 1. The molecule has 0 aromatic heterocycles. The number of phenolic OH excluding ortho intramolecular Hbond substituents is 1. The lowest BCUT2D eigenvalue weighted by Gasteiger charge is -2.30. The van der Waals surface area contributed by atoms with Gasteiger partial charge in [0.15, 0.2) is 6.10 Å². The molecule has 2 rings (SSSR count). The third-order valence-electron chi connectivity index (χ3n) is 2.67.